The summed E-state index contributed by atoms with van der Waals surface area (Å²) in [6, 6.07) is 16.3. The Morgan fingerprint density at radius 1 is 1.06 bits per heavy atom. The lowest BCUT2D eigenvalue weighted by Gasteiger charge is -2.19. The molecule has 2 N–H and O–H groups in total. The van der Waals surface area contributed by atoms with Gasteiger partial charge in [-0.2, -0.15) is 0 Å². The maximum Gasteiger partial charge on any atom is 0.305 e. The zero-order valence-corrected chi connectivity index (χ0v) is 17.7. The predicted molar refractivity (Wildman–Crippen MR) is 117 cm³/mol. The van der Waals surface area contributed by atoms with E-state index in [0.717, 1.165) is 0 Å². The third-order valence-electron chi connectivity index (χ3n) is 4.62. The van der Waals surface area contributed by atoms with E-state index in [-0.39, 0.29) is 12.1 Å². The second-order valence-electron chi connectivity index (χ2n) is 6.62. The van der Waals surface area contributed by atoms with E-state index >= 15 is 0 Å². The number of halogens is 1. The van der Waals surface area contributed by atoms with Crippen molar-refractivity contribution in [1.82, 2.24) is 10.3 Å². The quantitative estimate of drug-likeness (QED) is 0.540. The van der Waals surface area contributed by atoms with Crippen LogP contribution in [0.3, 0.4) is 0 Å². The molecule has 0 aliphatic carbocycles. The van der Waals surface area contributed by atoms with Crippen LogP contribution >= 0.6 is 11.6 Å². The Morgan fingerprint density at radius 2 is 1.84 bits per heavy atom. The fourth-order valence-electron chi connectivity index (χ4n) is 3.12. The molecule has 1 aromatic heterocycles. The van der Waals surface area contributed by atoms with Crippen LogP contribution in [0.2, 0.25) is 5.02 Å². The minimum absolute atomic E-state index is 0.112. The lowest BCUT2D eigenvalue weighted by molar-refractivity contribution is -0.137. The van der Waals surface area contributed by atoms with E-state index in [2.05, 4.69) is 10.3 Å². The molecule has 0 aliphatic rings. The van der Waals surface area contributed by atoms with Gasteiger partial charge in [0, 0.05) is 10.6 Å². The Bertz CT molecular complexity index is 1100. The second kappa shape index (κ2) is 9.95. The van der Waals surface area contributed by atoms with Crippen LogP contribution in [0.1, 0.15) is 28.5 Å². The van der Waals surface area contributed by atoms with Crippen LogP contribution in [-0.2, 0) is 4.79 Å². The molecule has 7 nitrogen and oxygen atoms in total. The van der Waals surface area contributed by atoms with E-state index in [9.17, 15) is 14.7 Å². The summed E-state index contributed by atoms with van der Waals surface area (Å²) in [5.74, 6) is -0.475. The van der Waals surface area contributed by atoms with Crippen LogP contribution in [0.25, 0.3) is 11.3 Å². The van der Waals surface area contributed by atoms with Gasteiger partial charge < -0.3 is 19.9 Å². The molecular weight excluding hydrogens is 420 g/mol. The number of hydrogen-bond donors (Lipinski definition) is 2. The Balaban J connectivity index is 1.95. The van der Waals surface area contributed by atoms with Crippen LogP contribution in [-0.4, -0.2) is 36.2 Å². The van der Waals surface area contributed by atoms with Crippen molar-refractivity contribution in [3.05, 3.63) is 76.9 Å². The Labute approximate surface area is 184 Å². The number of carboxylic acid groups (broad SMARTS) is 1. The molecule has 1 heterocycles. The molecule has 3 aromatic rings. The smallest absolute Gasteiger partial charge is 0.305 e. The number of ether oxygens (including phenoxy) is 2. The van der Waals surface area contributed by atoms with Crippen molar-refractivity contribution in [2.45, 2.75) is 12.5 Å². The van der Waals surface area contributed by atoms with E-state index in [1.165, 1.54) is 13.2 Å². The molecule has 8 heteroatoms. The third-order valence-corrected chi connectivity index (χ3v) is 4.96. The summed E-state index contributed by atoms with van der Waals surface area (Å²) in [6.45, 7) is 0. The number of aromatic nitrogens is 1. The van der Waals surface area contributed by atoms with E-state index in [1.807, 2.05) is 12.1 Å². The maximum absolute atomic E-state index is 13.0. The van der Waals surface area contributed by atoms with Gasteiger partial charge in [-0.25, -0.2) is 4.98 Å². The van der Waals surface area contributed by atoms with Gasteiger partial charge in [0.25, 0.3) is 5.91 Å². The zero-order chi connectivity index (χ0) is 22.4. The molecule has 3 rings (SSSR count). The monoisotopic (exact) mass is 440 g/mol. The first-order valence-electron chi connectivity index (χ1n) is 9.39. The number of benzene rings is 2. The average Bonchev–Trinajstić information content (AvgIpc) is 2.78. The number of carbonyl (C=O) groups is 2. The first kappa shape index (κ1) is 22.1. The van der Waals surface area contributed by atoms with Crippen LogP contribution in [0.5, 0.6) is 11.5 Å². The van der Waals surface area contributed by atoms with Gasteiger partial charge in [0.05, 0.1) is 26.7 Å². The van der Waals surface area contributed by atoms with E-state index in [4.69, 9.17) is 21.1 Å². The molecule has 1 amide bonds. The van der Waals surface area contributed by atoms with Crippen molar-refractivity contribution in [2.24, 2.45) is 0 Å². The van der Waals surface area contributed by atoms with Crippen molar-refractivity contribution in [1.29, 1.82) is 0 Å². The van der Waals surface area contributed by atoms with Gasteiger partial charge in [-0.15, -0.1) is 0 Å². The number of amides is 1. The highest BCUT2D eigenvalue weighted by Crippen LogP contribution is 2.31. The SMILES string of the molecule is COc1cccc(-c2nc(C(=O)N[C@@H](CC(=O)O)c3ccccc3Cl)ccc2OC)c1. The van der Waals surface area contributed by atoms with Crippen LogP contribution < -0.4 is 14.8 Å². The van der Waals surface area contributed by atoms with E-state index in [1.54, 1.807) is 49.6 Å². The summed E-state index contributed by atoms with van der Waals surface area (Å²) >= 11 is 6.22. The number of nitrogens with zero attached hydrogens (tertiary/aromatic N) is 1. The molecule has 31 heavy (non-hydrogen) atoms. The van der Waals surface area contributed by atoms with Gasteiger partial charge >= 0.3 is 5.97 Å². The van der Waals surface area contributed by atoms with Crippen LogP contribution in [0.15, 0.2) is 60.7 Å². The van der Waals surface area contributed by atoms with Crippen LogP contribution in [0.4, 0.5) is 0 Å². The predicted octanol–water partition coefficient (Wildman–Crippen LogP) is 4.37. The molecule has 1 atom stereocenters. The highest BCUT2D eigenvalue weighted by molar-refractivity contribution is 6.31. The van der Waals surface area contributed by atoms with Gasteiger partial charge in [-0.05, 0) is 35.9 Å². The number of methoxy groups -OCH3 is 2. The maximum atomic E-state index is 13.0. The van der Waals surface area contributed by atoms with Crippen molar-refractivity contribution in [2.75, 3.05) is 14.2 Å². The Hall–Kier alpha value is -3.58. The van der Waals surface area contributed by atoms with Gasteiger partial charge in [-0.1, -0.05) is 41.9 Å². The van der Waals surface area contributed by atoms with Crippen LogP contribution in [0, 0.1) is 0 Å². The molecular formula is C23H21ClN2O5. The minimum Gasteiger partial charge on any atom is -0.497 e. The summed E-state index contributed by atoms with van der Waals surface area (Å²) in [5.41, 5.74) is 1.79. The highest BCUT2D eigenvalue weighted by atomic mass is 35.5. The largest absolute Gasteiger partial charge is 0.497 e. The Kier molecular flexibility index (Phi) is 7.10. The van der Waals surface area contributed by atoms with Crippen molar-refractivity contribution in [3.8, 4) is 22.8 Å². The number of pyridine rings is 1. The Morgan fingerprint density at radius 3 is 2.52 bits per heavy atom. The van der Waals surface area contributed by atoms with Crippen molar-refractivity contribution in [3.63, 3.8) is 0 Å². The molecule has 2 aromatic carbocycles. The normalized spacial score (nSPS) is 11.5. The molecule has 0 radical (unpaired) electrons. The number of rotatable bonds is 8. The van der Waals surface area contributed by atoms with E-state index < -0.39 is 17.9 Å². The summed E-state index contributed by atoms with van der Waals surface area (Å²) in [5, 5.41) is 12.4. The fourth-order valence-corrected chi connectivity index (χ4v) is 3.39. The fraction of sp³-hybridized carbons (Fsp3) is 0.174. The number of aliphatic carboxylic acids is 1. The molecule has 0 spiro atoms. The molecule has 0 saturated carbocycles. The number of carbonyl (C=O) groups excluding carboxylic acids is 1. The molecule has 0 aliphatic heterocycles. The first-order chi connectivity index (χ1) is 14.9. The number of carboxylic acids is 1. The minimum atomic E-state index is -1.06. The highest BCUT2D eigenvalue weighted by Gasteiger charge is 2.22. The van der Waals surface area contributed by atoms with Crippen molar-refractivity contribution >= 4 is 23.5 Å². The number of nitrogens with one attached hydrogen (secondary N) is 1. The lowest BCUT2D eigenvalue weighted by atomic mass is 10.0. The van der Waals surface area contributed by atoms with Gasteiger partial charge in [-0.3, -0.25) is 9.59 Å². The second-order valence-corrected chi connectivity index (χ2v) is 7.03. The van der Waals surface area contributed by atoms with E-state index in [0.29, 0.717) is 33.3 Å². The summed E-state index contributed by atoms with van der Waals surface area (Å²) in [7, 11) is 3.08. The lowest BCUT2D eigenvalue weighted by Crippen LogP contribution is -2.31. The molecule has 0 saturated heterocycles. The molecule has 0 unspecified atom stereocenters. The summed E-state index contributed by atoms with van der Waals surface area (Å²) < 4.78 is 10.7. The third kappa shape index (κ3) is 5.32. The first-order valence-corrected chi connectivity index (χ1v) is 9.77. The van der Waals surface area contributed by atoms with Gasteiger partial charge in [0.15, 0.2) is 0 Å². The van der Waals surface area contributed by atoms with Gasteiger partial charge in [0.2, 0.25) is 0 Å². The molecule has 0 fully saturated rings. The van der Waals surface area contributed by atoms with Gasteiger partial charge in [0.1, 0.15) is 22.9 Å². The summed E-state index contributed by atoms with van der Waals surface area (Å²) in [6.07, 6.45) is -0.325. The molecule has 0 bridgehead atoms. The standard InChI is InChI=1S/C23H21ClN2O5/c1-30-15-7-5-6-14(12-15)22-20(31-2)11-10-18(25-22)23(29)26-19(13-21(27)28)16-8-3-4-9-17(16)24/h3-12,19H,13H2,1-2H3,(H,26,29)(H,27,28)/t19-/m0/s1. The topological polar surface area (TPSA) is 97.8 Å². The summed E-state index contributed by atoms with van der Waals surface area (Å²) in [4.78, 5) is 28.8. The molecule has 160 valence electrons. The zero-order valence-electron chi connectivity index (χ0n) is 17.0. The van der Waals surface area contributed by atoms with Crippen molar-refractivity contribution < 1.29 is 24.2 Å². The number of hydrogen-bond acceptors (Lipinski definition) is 5. The average molecular weight is 441 g/mol.